The number of nitrogens with one attached hydrogen (secondary N) is 1. The number of rotatable bonds is 7. The van der Waals surface area contributed by atoms with Gasteiger partial charge in [-0.15, -0.1) is 0 Å². The van der Waals surface area contributed by atoms with Gasteiger partial charge in [-0.1, -0.05) is 60.7 Å². The molecule has 6 heteroatoms. The summed E-state index contributed by atoms with van der Waals surface area (Å²) in [5, 5.41) is 6.69. The number of hydrogen-bond acceptors (Lipinski definition) is 3. The number of urea groups is 1. The van der Waals surface area contributed by atoms with Crippen LogP contribution in [-0.2, 0) is 13.1 Å². The predicted octanol–water partition coefficient (Wildman–Crippen LogP) is 5.30. The second-order valence-corrected chi connectivity index (χ2v) is 9.24. The first-order valence-electron chi connectivity index (χ1n) is 11.9. The minimum Gasteiger partial charge on any atom is -0.366 e. The number of primary amides is 1. The van der Waals surface area contributed by atoms with E-state index in [0.29, 0.717) is 23.0 Å². The van der Waals surface area contributed by atoms with Gasteiger partial charge in [-0.3, -0.25) is 9.69 Å². The third-order valence-corrected chi connectivity index (χ3v) is 7.01. The molecule has 0 unspecified atom stereocenters. The van der Waals surface area contributed by atoms with Gasteiger partial charge in [0.25, 0.3) is 0 Å². The molecule has 2 aliphatic rings. The van der Waals surface area contributed by atoms with E-state index in [1.165, 1.54) is 11.1 Å². The number of amides is 3. The molecule has 1 fully saturated rings. The molecule has 1 heterocycles. The maximum Gasteiger partial charge on any atom is 0.346 e. The van der Waals surface area contributed by atoms with Crippen LogP contribution in [0.25, 0.3) is 0 Å². The van der Waals surface area contributed by atoms with Crippen LogP contribution in [0.4, 0.5) is 16.2 Å². The molecule has 1 saturated carbocycles. The summed E-state index contributed by atoms with van der Waals surface area (Å²) in [6, 6.07) is 24.9. The van der Waals surface area contributed by atoms with Gasteiger partial charge in [0.15, 0.2) is 0 Å². The Hall–Kier alpha value is -3.64. The minimum atomic E-state index is -0.468. The van der Waals surface area contributed by atoms with Crippen molar-refractivity contribution in [1.82, 2.24) is 10.2 Å². The maximum absolute atomic E-state index is 12.2. The van der Waals surface area contributed by atoms with E-state index in [0.717, 1.165) is 44.3 Å². The van der Waals surface area contributed by atoms with Gasteiger partial charge >= 0.3 is 6.03 Å². The molecule has 3 N–H and O–H groups in total. The Morgan fingerprint density at radius 2 is 1.50 bits per heavy atom. The smallest absolute Gasteiger partial charge is 0.346 e. The van der Waals surface area contributed by atoms with Crippen LogP contribution < -0.4 is 16.4 Å². The maximum atomic E-state index is 12.2. The summed E-state index contributed by atoms with van der Waals surface area (Å²) < 4.78 is 0. The molecule has 0 saturated heterocycles. The van der Waals surface area contributed by atoms with Gasteiger partial charge in [0.2, 0.25) is 5.91 Å². The lowest BCUT2D eigenvalue weighted by Crippen LogP contribution is -2.37. The fourth-order valence-corrected chi connectivity index (χ4v) is 5.30. The van der Waals surface area contributed by atoms with E-state index in [-0.39, 0.29) is 5.92 Å². The van der Waals surface area contributed by atoms with E-state index in [1.54, 1.807) is 6.07 Å². The first-order chi connectivity index (χ1) is 16.6. The second kappa shape index (κ2) is 9.69. The van der Waals surface area contributed by atoms with Gasteiger partial charge in [-0.05, 0) is 60.4 Å². The van der Waals surface area contributed by atoms with Crippen molar-refractivity contribution >= 4 is 23.3 Å². The standard InChI is InChI=1S/C28H29N4O2/c29-27(33)24-16-26-25(30-28(34)31-26)15-23(24)21-11-13-22(14-12-21)32(17-19-7-3-1-4-8-19)18-20-9-5-2-6-10-20/h1-10,15-16,21-22H,11-14,17-18H2,(H2,29,33)(H,30,34). The predicted molar refractivity (Wildman–Crippen MR) is 133 cm³/mol. The van der Waals surface area contributed by atoms with Crippen LogP contribution in [0, 0.1) is 0 Å². The Balaban J connectivity index is 1.34. The fourth-order valence-electron chi connectivity index (χ4n) is 5.30. The third kappa shape index (κ3) is 4.82. The van der Waals surface area contributed by atoms with Gasteiger partial charge in [0.1, 0.15) is 0 Å². The van der Waals surface area contributed by atoms with Crippen molar-refractivity contribution < 1.29 is 9.59 Å². The largest absolute Gasteiger partial charge is 0.366 e. The summed E-state index contributed by atoms with van der Waals surface area (Å²) in [5.41, 5.74) is 10.9. The van der Waals surface area contributed by atoms with Crippen LogP contribution in [-0.4, -0.2) is 22.9 Å². The summed E-state index contributed by atoms with van der Waals surface area (Å²) in [7, 11) is 0. The molecule has 1 aliphatic carbocycles. The van der Waals surface area contributed by atoms with Crippen molar-refractivity contribution in [3.05, 3.63) is 95.1 Å². The molecule has 0 bridgehead atoms. The Labute approximate surface area is 200 Å². The number of benzene rings is 3. The first-order valence-corrected chi connectivity index (χ1v) is 11.9. The van der Waals surface area contributed by atoms with Crippen LogP contribution in [0.5, 0.6) is 0 Å². The molecule has 3 aromatic rings. The van der Waals surface area contributed by atoms with E-state index in [9.17, 15) is 9.59 Å². The van der Waals surface area contributed by atoms with Crippen LogP contribution >= 0.6 is 0 Å². The number of anilines is 1. The average Bonchev–Trinajstić information content (AvgIpc) is 3.23. The monoisotopic (exact) mass is 453 g/mol. The highest BCUT2D eigenvalue weighted by atomic mass is 16.2. The molecule has 3 aromatic carbocycles. The topological polar surface area (TPSA) is 89.5 Å². The summed E-state index contributed by atoms with van der Waals surface area (Å²) in [6.45, 7) is 1.81. The quantitative estimate of drug-likeness (QED) is 0.509. The van der Waals surface area contributed by atoms with Gasteiger partial charge in [-0.2, -0.15) is 5.32 Å². The highest BCUT2D eigenvalue weighted by molar-refractivity contribution is 6.05. The lowest BCUT2D eigenvalue weighted by atomic mass is 9.79. The number of nitrogens with zero attached hydrogens (tertiary/aromatic N) is 2. The molecule has 5 rings (SSSR count). The fraction of sp³-hybridized carbons (Fsp3) is 0.286. The molecular formula is C28H29N4O2. The van der Waals surface area contributed by atoms with Crippen LogP contribution in [0.2, 0.25) is 0 Å². The lowest BCUT2D eigenvalue weighted by Gasteiger charge is -2.37. The van der Waals surface area contributed by atoms with Gasteiger partial charge in [0.05, 0.1) is 11.4 Å². The van der Waals surface area contributed by atoms with Crippen LogP contribution in [0.3, 0.4) is 0 Å². The summed E-state index contributed by atoms with van der Waals surface area (Å²) >= 11 is 0. The van der Waals surface area contributed by atoms with E-state index < -0.39 is 11.9 Å². The zero-order valence-electron chi connectivity index (χ0n) is 19.1. The Morgan fingerprint density at radius 1 is 0.912 bits per heavy atom. The zero-order chi connectivity index (χ0) is 23.5. The number of nitrogens with two attached hydrogens (primary N) is 1. The minimum absolute atomic E-state index is 0.233. The Kier molecular flexibility index (Phi) is 6.32. The molecule has 0 aromatic heterocycles. The lowest BCUT2D eigenvalue weighted by molar-refractivity contribution is 0.0997. The number of carbonyl (C=O) groups is 2. The number of hydrogen-bond donors (Lipinski definition) is 2. The molecular weight excluding hydrogens is 424 g/mol. The van der Waals surface area contributed by atoms with Crippen molar-refractivity contribution in [3.8, 4) is 0 Å². The molecule has 0 spiro atoms. The van der Waals surface area contributed by atoms with Crippen molar-refractivity contribution in [2.75, 3.05) is 5.32 Å². The van der Waals surface area contributed by atoms with E-state index in [4.69, 9.17) is 5.73 Å². The first kappa shape index (κ1) is 22.2. The zero-order valence-corrected chi connectivity index (χ0v) is 19.1. The molecule has 1 radical (unpaired) electrons. The summed E-state index contributed by atoms with van der Waals surface area (Å²) in [5.74, 6) is -0.235. The number of fused-ring (bicyclic) bond motifs is 1. The SMILES string of the molecule is NC(=O)c1cc2c(cc1C1CCC(N(Cc3ccccc3)Cc3ccccc3)CC1)NC(=O)[N]2. The van der Waals surface area contributed by atoms with Crippen molar-refractivity contribution in [2.24, 2.45) is 5.73 Å². The van der Waals surface area contributed by atoms with Crippen molar-refractivity contribution in [2.45, 2.75) is 50.7 Å². The van der Waals surface area contributed by atoms with E-state index in [1.807, 2.05) is 6.07 Å². The molecule has 6 nitrogen and oxygen atoms in total. The van der Waals surface area contributed by atoms with Gasteiger partial charge in [0, 0.05) is 24.7 Å². The second-order valence-electron chi connectivity index (χ2n) is 9.24. The molecule has 173 valence electrons. The third-order valence-electron chi connectivity index (χ3n) is 7.01. The van der Waals surface area contributed by atoms with Gasteiger partial charge < -0.3 is 11.1 Å². The highest BCUT2D eigenvalue weighted by Gasteiger charge is 2.31. The summed E-state index contributed by atoms with van der Waals surface area (Å²) in [6.07, 6.45) is 4.01. The number of carbonyl (C=O) groups excluding carboxylic acids is 2. The van der Waals surface area contributed by atoms with Crippen LogP contribution in [0.15, 0.2) is 72.8 Å². The van der Waals surface area contributed by atoms with Crippen molar-refractivity contribution in [3.63, 3.8) is 0 Å². The highest BCUT2D eigenvalue weighted by Crippen LogP contribution is 2.41. The molecule has 0 atom stereocenters. The van der Waals surface area contributed by atoms with E-state index >= 15 is 0 Å². The van der Waals surface area contributed by atoms with Gasteiger partial charge in [-0.25, -0.2) is 4.79 Å². The molecule has 3 amide bonds. The van der Waals surface area contributed by atoms with Crippen molar-refractivity contribution in [1.29, 1.82) is 0 Å². The average molecular weight is 454 g/mol. The van der Waals surface area contributed by atoms with Crippen LogP contribution in [0.1, 0.15) is 58.6 Å². The molecule has 1 aliphatic heterocycles. The normalized spacial score (nSPS) is 19.4. The molecule has 34 heavy (non-hydrogen) atoms. The summed E-state index contributed by atoms with van der Waals surface area (Å²) in [4.78, 5) is 26.5. The Bertz CT molecular complexity index is 1130. The Morgan fingerprint density at radius 3 is 2.06 bits per heavy atom. The van der Waals surface area contributed by atoms with E-state index in [2.05, 4.69) is 76.2 Å².